The molecular weight excluding hydrogens is 1500 g/mol. The molecular formula is C85H102FN11O19. The predicted molar refractivity (Wildman–Crippen MR) is 420 cm³/mol. The molecule has 1 aliphatic heterocycles. The van der Waals surface area contributed by atoms with Gasteiger partial charge in [0.2, 0.25) is 29.5 Å². The third-order valence-electron chi connectivity index (χ3n) is 21.5. The summed E-state index contributed by atoms with van der Waals surface area (Å²) in [6, 6.07) is 26.0. The van der Waals surface area contributed by atoms with Crippen molar-refractivity contribution < 1.29 is 97.0 Å². The molecule has 31 heteroatoms. The Hall–Kier alpha value is -11.8. The zero-order valence-electron chi connectivity index (χ0n) is 65.9. The number of aliphatic hydroxyl groups excluding tert-OH is 3. The standard InChI is InChI=1S/C85H102FN11O19/c1-8-53-32-62(116-7)24-25-64(53)54-21-18-51(19-22-54)31-69(71(101)33-57(78(87)110)30-52-20-26-68(90-42-52)63-16-11-9-14-48(63)2)94-80(112)58(36-77(108)109)34-72(102)70(37-59-43-88-46-92-59)95-81(113)66(50(4)99)40-74(104)84(5,41-56-15-10-12-17-67(56)86)96-82(114)65(49(3)98)39-61(100)45-91-79(111)55(23-27-76(106)107)35-75(105)85(6)28-13-29-97(85)83(115)73(103)38-60-44-89-47-93-60/h9-12,14-22,24-26,32,42-44,46-47,49-50,55,57-58,65-66,69-70,73,98-99,103H,8,13,23,27-31,33-41,45H2,1-7H3,(H2,87,110)(H,88,92)(H,89,93)(H,91,111)(H,94,112)(H,95,113)(H,96,114)(H,106,107)(H,108,109)/t49-,50-,55-,57-,58+,65+,66+,69+,70+,73+,84-,85-/m1/s1. The minimum atomic E-state index is -2.25. The van der Waals surface area contributed by atoms with Crippen LogP contribution in [0.3, 0.4) is 0 Å². The van der Waals surface area contributed by atoms with Crippen LogP contribution in [0.15, 0.2) is 134 Å². The summed E-state index contributed by atoms with van der Waals surface area (Å²) in [7, 11) is 1.56. The molecule has 116 heavy (non-hydrogen) atoms. The number of ether oxygens (including phenoxy) is 1. The fourth-order valence-electron chi connectivity index (χ4n) is 14.5. The van der Waals surface area contributed by atoms with Crippen LogP contribution in [0.4, 0.5) is 4.39 Å². The van der Waals surface area contributed by atoms with Crippen molar-refractivity contribution in [2.24, 2.45) is 35.3 Å². The number of methoxy groups -OCH3 is 1. The van der Waals surface area contributed by atoms with Crippen LogP contribution in [-0.4, -0.2) is 193 Å². The third-order valence-corrected chi connectivity index (χ3v) is 21.5. The van der Waals surface area contributed by atoms with Crippen molar-refractivity contribution in [2.45, 2.75) is 186 Å². The van der Waals surface area contributed by atoms with Crippen molar-refractivity contribution in [3.8, 4) is 28.1 Å². The molecule has 4 heterocycles. The average molecular weight is 1600 g/mol. The van der Waals surface area contributed by atoms with E-state index in [-0.39, 0.29) is 49.9 Å². The molecule has 12 atom stereocenters. The molecule has 6 amide bonds. The summed E-state index contributed by atoms with van der Waals surface area (Å²) < 4.78 is 21.2. The maximum absolute atomic E-state index is 15.7. The van der Waals surface area contributed by atoms with Gasteiger partial charge in [0, 0.05) is 100 Å². The molecule has 1 saturated heterocycles. The Kier molecular flexibility index (Phi) is 32.1. The Labute approximate surface area is 670 Å². The number of carbonyl (C=O) groups excluding carboxylic acids is 11. The molecule has 7 aromatic rings. The minimum absolute atomic E-state index is 0.0278. The van der Waals surface area contributed by atoms with E-state index in [0.717, 1.165) is 47.7 Å². The lowest BCUT2D eigenvalue weighted by Crippen LogP contribution is -2.58. The molecule has 4 aromatic carbocycles. The number of nitrogens with two attached hydrogens (primary N) is 1. The first-order chi connectivity index (χ1) is 55.1. The van der Waals surface area contributed by atoms with Gasteiger partial charge in [-0.25, -0.2) is 14.4 Å². The van der Waals surface area contributed by atoms with Crippen LogP contribution in [-0.2, 0) is 101 Å². The van der Waals surface area contributed by atoms with Gasteiger partial charge in [0.05, 0.1) is 103 Å². The Balaban J connectivity index is 0.988. The number of imidazole rings is 2. The summed E-state index contributed by atoms with van der Waals surface area (Å²) in [5, 5.41) is 63.5. The summed E-state index contributed by atoms with van der Waals surface area (Å²) in [5.74, 6) is -20.8. The first kappa shape index (κ1) is 89.7. The van der Waals surface area contributed by atoms with Gasteiger partial charge in [0.15, 0.2) is 28.9 Å². The quantitative estimate of drug-likeness (QED) is 0.0222. The summed E-state index contributed by atoms with van der Waals surface area (Å²) in [4.78, 5) is 202. The second-order valence-corrected chi connectivity index (χ2v) is 30.2. The van der Waals surface area contributed by atoms with Crippen LogP contribution >= 0.6 is 0 Å². The number of aliphatic carboxylic acids is 2. The van der Waals surface area contributed by atoms with Crippen LogP contribution in [0, 0.1) is 42.3 Å². The number of amides is 6. The van der Waals surface area contributed by atoms with Crippen LogP contribution < -0.4 is 31.7 Å². The van der Waals surface area contributed by atoms with Gasteiger partial charge >= 0.3 is 11.9 Å². The number of H-pyrrole nitrogens is 2. The maximum Gasteiger partial charge on any atom is 0.304 e. The van der Waals surface area contributed by atoms with Gasteiger partial charge < -0.3 is 72.1 Å². The maximum atomic E-state index is 15.7. The Morgan fingerprint density at radius 3 is 1.87 bits per heavy atom. The number of pyridine rings is 1. The first-order valence-corrected chi connectivity index (χ1v) is 38.5. The summed E-state index contributed by atoms with van der Waals surface area (Å²) >= 11 is 0. The molecule has 618 valence electrons. The highest BCUT2D eigenvalue weighted by molar-refractivity contribution is 6.01. The Morgan fingerprint density at radius 1 is 0.655 bits per heavy atom. The first-order valence-electron chi connectivity index (χ1n) is 38.5. The molecule has 13 N–H and O–H groups in total. The number of hydrogen-bond acceptors (Lipinski definition) is 20. The van der Waals surface area contributed by atoms with E-state index in [0.29, 0.717) is 41.1 Å². The van der Waals surface area contributed by atoms with Crippen molar-refractivity contribution in [2.75, 3.05) is 20.2 Å². The zero-order chi connectivity index (χ0) is 84.7. The number of benzene rings is 4. The Bertz CT molecular complexity index is 4650. The van der Waals surface area contributed by atoms with E-state index in [1.54, 1.807) is 37.6 Å². The number of carboxylic acids is 2. The van der Waals surface area contributed by atoms with E-state index in [1.165, 1.54) is 62.0 Å². The number of likely N-dealkylation sites (tertiary alicyclic amines) is 1. The van der Waals surface area contributed by atoms with Gasteiger partial charge in [0.1, 0.15) is 17.7 Å². The van der Waals surface area contributed by atoms with Crippen molar-refractivity contribution >= 4 is 76.3 Å². The molecule has 1 fully saturated rings. The summed E-state index contributed by atoms with van der Waals surface area (Å²) in [6.07, 6.45) is -3.85. The lowest BCUT2D eigenvalue weighted by atomic mass is 9.81. The van der Waals surface area contributed by atoms with E-state index in [2.05, 4.69) is 46.2 Å². The average Bonchev–Trinajstić information content (AvgIpc) is 1.61. The number of aromatic amines is 2. The Morgan fingerprint density at radius 2 is 1.28 bits per heavy atom. The zero-order valence-corrected chi connectivity index (χ0v) is 65.9. The number of aromatic nitrogens is 5. The number of Topliss-reactive ketones (excluding diaryl/α,β-unsaturated/α-hetero) is 5. The topological polar surface area (TPSA) is 480 Å². The molecule has 0 aliphatic carbocycles. The number of nitrogens with one attached hydrogen (secondary N) is 6. The minimum Gasteiger partial charge on any atom is -0.497 e. The van der Waals surface area contributed by atoms with E-state index in [4.69, 9.17) is 10.5 Å². The highest BCUT2D eigenvalue weighted by Crippen LogP contribution is 2.35. The molecule has 0 spiro atoms. The highest BCUT2D eigenvalue weighted by Gasteiger charge is 2.48. The molecule has 0 saturated carbocycles. The van der Waals surface area contributed by atoms with Gasteiger partial charge in [0.25, 0.3) is 5.91 Å². The SMILES string of the molecule is CCc1cc(OC)ccc1-c1ccc(C[C@H](NC(=O)[C@H](CC(=O)O)CC(=O)[C@H](Cc2c[nH]cn2)NC(=O)[C@@H](CC(=O)[C@@](C)(Cc2ccccc2F)NC(=O)[C@@H](CC(=O)CNC(=O)[C@H](CCC(=O)O)CC(=O)[C@@]2(C)CCCN2C(=O)[C@@H](O)Cc2c[nH]cn2)[C@@H](C)O)[C@@H](C)O)C(=O)C[C@@H](Cc2ccc(-c3ccccc3C)nc2)C(N)=O)cc1. The number of carboxylic acid groups (broad SMARTS) is 2. The van der Waals surface area contributed by atoms with E-state index in [1.807, 2.05) is 68.4 Å². The number of halogens is 1. The number of aryl methyl sites for hydroxylation is 2. The molecule has 8 rings (SSSR count). The number of aliphatic hydroxyl groups is 3. The lowest BCUT2D eigenvalue weighted by Gasteiger charge is -2.36. The van der Waals surface area contributed by atoms with Crippen molar-refractivity contribution in [3.63, 3.8) is 0 Å². The van der Waals surface area contributed by atoms with Crippen LogP contribution in [0.25, 0.3) is 22.4 Å². The number of ketones is 5. The molecule has 0 radical (unpaired) electrons. The van der Waals surface area contributed by atoms with Crippen molar-refractivity contribution in [3.05, 3.63) is 179 Å². The van der Waals surface area contributed by atoms with Crippen LogP contribution in [0.5, 0.6) is 5.75 Å². The fraction of sp³-hybridized carbons (Fsp3) is 0.435. The van der Waals surface area contributed by atoms with Crippen molar-refractivity contribution in [1.82, 2.24) is 51.1 Å². The molecule has 1 aliphatic rings. The van der Waals surface area contributed by atoms with Gasteiger partial charge in [-0.1, -0.05) is 85.8 Å². The molecule has 0 unspecified atom stereocenters. The van der Waals surface area contributed by atoms with Crippen LogP contribution in [0.1, 0.15) is 138 Å². The molecule has 3 aromatic heterocycles. The third kappa shape index (κ3) is 24.6. The fourth-order valence-corrected chi connectivity index (χ4v) is 14.5. The summed E-state index contributed by atoms with van der Waals surface area (Å²) in [5.41, 5.74) is 9.00. The second-order valence-electron chi connectivity index (χ2n) is 30.2. The largest absolute Gasteiger partial charge is 0.497 e. The molecule has 0 bridgehead atoms. The second kappa shape index (κ2) is 41.5. The van der Waals surface area contributed by atoms with Gasteiger partial charge in [-0.3, -0.25) is 67.3 Å². The molecule has 30 nitrogen and oxygen atoms in total. The number of hydrogen-bond donors (Lipinski definition) is 12. The van der Waals surface area contributed by atoms with E-state index < -0.39 is 218 Å². The predicted octanol–water partition coefficient (Wildman–Crippen LogP) is 5.56. The van der Waals surface area contributed by atoms with Gasteiger partial charge in [-0.15, -0.1) is 0 Å². The lowest BCUT2D eigenvalue weighted by molar-refractivity contribution is -0.150. The van der Waals surface area contributed by atoms with E-state index >= 15 is 9.18 Å². The highest BCUT2D eigenvalue weighted by atomic mass is 19.1. The van der Waals surface area contributed by atoms with Gasteiger partial charge in [-0.05, 0) is 136 Å². The van der Waals surface area contributed by atoms with Gasteiger partial charge in [-0.2, -0.15) is 0 Å². The van der Waals surface area contributed by atoms with Crippen LogP contribution in [0.2, 0.25) is 0 Å². The smallest absolute Gasteiger partial charge is 0.304 e. The van der Waals surface area contributed by atoms with E-state index in [9.17, 15) is 83.1 Å². The number of rotatable bonds is 46. The summed E-state index contributed by atoms with van der Waals surface area (Å²) in [6.45, 7) is 8.16. The normalized spacial score (nSPS) is 16.4. The van der Waals surface area contributed by atoms with Crippen molar-refractivity contribution in [1.29, 1.82) is 0 Å². The number of carbonyl (C=O) groups is 13. The monoisotopic (exact) mass is 1600 g/mol. The number of nitrogens with zero attached hydrogens (tertiary/aromatic N) is 4. The number of primary amides is 1.